The first-order chi connectivity index (χ1) is 12.7. The molecule has 0 radical (unpaired) electrons. The van der Waals surface area contributed by atoms with Gasteiger partial charge in [0.1, 0.15) is 0 Å². The summed E-state index contributed by atoms with van der Waals surface area (Å²) >= 11 is 1.38. The number of carbonyl (C=O) groups excluding carboxylic acids is 1. The van der Waals surface area contributed by atoms with Crippen molar-refractivity contribution in [2.75, 3.05) is 17.7 Å². The Hall–Kier alpha value is -2.57. The minimum Gasteiger partial charge on any atom is -0.390 e. The number of nitrogens with zero attached hydrogens (tertiary/aromatic N) is 3. The maximum Gasteiger partial charge on any atom is 0.237 e. The predicted octanol–water partition coefficient (Wildman–Crippen LogP) is 3.18. The van der Waals surface area contributed by atoms with Crippen LogP contribution in [0, 0.1) is 0 Å². The van der Waals surface area contributed by atoms with Gasteiger partial charge in [-0.15, -0.1) is 0 Å². The molecule has 0 saturated heterocycles. The second kappa shape index (κ2) is 8.69. The van der Waals surface area contributed by atoms with E-state index in [0.717, 1.165) is 16.4 Å². The maximum atomic E-state index is 12.5. The molecule has 1 heterocycles. The van der Waals surface area contributed by atoms with Gasteiger partial charge in [0.15, 0.2) is 5.16 Å². The summed E-state index contributed by atoms with van der Waals surface area (Å²) in [5.74, 6) is 0.281. The fraction of sp³-hybridized carbons (Fsp3) is 0.200. The molecular formula is C20H21N3O2S. The van der Waals surface area contributed by atoms with E-state index in [0.29, 0.717) is 12.2 Å². The molecule has 1 aromatic heterocycles. The van der Waals surface area contributed by atoms with Crippen LogP contribution in [0.1, 0.15) is 11.3 Å². The standard InChI is InChI=1S/C20H21N3O2S/c1-22(18-10-6-3-7-11-18)19(25)15-26-20-21-17(14-24)13-23(20)12-16-8-4-2-5-9-16/h2-11,13,24H,12,14-15H2,1H3. The van der Waals surface area contributed by atoms with Gasteiger partial charge >= 0.3 is 0 Å². The van der Waals surface area contributed by atoms with Crippen molar-refractivity contribution in [3.63, 3.8) is 0 Å². The largest absolute Gasteiger partial charge is 0.390 e. The quantitative estimate of drug-likeness (QED) is 0.652. The molecule has 26 heavy (non-hydrogen) atoms. The lowest BCUT2D eigenvalue weighted by Gasteiger charge is -2.17. The van der Waals surface area contributed by atoms with E-state index in [1.54, 1.807) is 11.9 Å². The van der Waals surface area contributed by atoms with Crippen LogP contribution in [0.4, 0.5) is 5.69 Å². The number of aliphatic hydroxyl groups excluding tert-OH is 1. The van der Waals surface area contributed by atoms with Crippen LogP contribution in [0.2, 0.25) is 0 Å². The normalized spacial score (nSPS) is 10.7. The van der Waals surface area contributed by atoms with Gasteiger partial charge in [0.25, 0.3) is 0 Å². The van der Waals surface area contributed by atoms with E-state index < -0.39 is 0 Å². The second-order valence-electron chi connectivity index (χ2n) is 5.86. The Morgan fingerprint density at radius 2 is 1.77 bits per heavy atom. The zero-order chi connectivity index (χ0) is 18.4. The van der Waals surface area contributed by atoms with Crippen LogP contribution in [0.15, 0.2) is 72.0 Å². The van der Waals surface area contributed by atoms with Crippen molar-refractivity contribution in [1.82, 2.24) is 9.55 Å². The van der Waals surface area contributed by atoms with Gasteiger partial charge in [-0.25, -0.2) is 4.98 Å². The van der Waals surface area contributed by atoms with Crippen molar-refractivity contribution in [1.29, 1.82) is 0 Å². The van der Waals surface area contributed by atoms with Crippen molar-refractivity contribution < 1.29 is 9.90 Å². The first-order valence-electron chi connectivity index (χ1n) is 8.32. The van der Waals surface area contributed by atoms with Gasteiger partial charge in [0.05, 0.1) is 18.1 Å². The van der Waals surface area contributed by atoms with E-state index in [4.69, 9.17) is 0 Å². The number of aromatic nitrogens is 2. The SMILES string of the molecule is CN(C(=O)CSc1nc(CO)cn1Cc1ccccc1)c1ccccc1. The highest BCUT2D eigenvalue weighted by Crippen LogP contribution is 2.21. The van der Waals surface area contributed by atoms with Gasteiger partial charge in [-0.05, 0) is 17.7 Å². The summed E-state index contributed by atoms with van der Waals surface area (Å²) in [7, 11) is 1.77. The number of anilines is 1. The molecule has 0 aliphatic rings. The van der Waals surface area contributed by atoms with Crippen LogP contribution in [-0.4, -0.2) is 33.4 Å². The average molecular weight is 367 g/mol. The van der Waals surface area contributed by atoms with Crippen molar-refractivity contribution >= 4 is 23.4 Å². The van der Waals surface area contributed by atoms with E-state index in [1.807, 2.05) is 71.4 Å². The Balaban J connectivity index is 1.69. The van der Waals surface area contributed by atoms with Gasteiger partial charge in [0, 0.05) is 25.5 Å². The molecular weight excluding hydrogens is 346 g/mol. The van der Waals surface area contributed by atoms with Crippen molar-refractivity contribution in [3.05, 3.63) is 78.1 Å². The van der Waals surface area contributed by atoms with E-state index >= 15 is 0 Å². The molecule has 0 unspecified atom stereocenters. The van der Waals surface area contributed by atoms with Crippen LogP contribution < -0.4 is 4.90 Å². The zero-order valence-electron chi connectivity index (χ0n) is 14.6. The number of carbonyl (C=O) groups is 1. The van der Waals surface area contributed by atoms with Crippen LogP contribution in [-0.2, 0) is 17.9 Å². The van der Waals surface area contributed by atoms with Gasteiger partial charge in [-0.2, -0.15) is 0 Å². The van der Waals surface area contributed by atoms with Crippen LogP contribution in [0.5, 0.6) is 0 Å². The van der Waals surface area contributed by atoms with Crippen LogP contribution in [0.25, 0.3) is 0 Å². The molecule has 0 aliphatic carbocycles. The third kappa shape index (κ3) is 4.53. The van der Waals surface area contributed by atoms with E-state index in [1.165, 1.54) is 11.8 Å². The number of hydrogen-bond acceptors (Lipinski definition) is 4. The number of rotatable bonds is 7. The Kier molecular flexibility index (Phi) is 6.09. The summed E-state index contributed by atoms with van der Waals surface area (Å²) in [5, 5.41) is 10.1. The highest BCUT2D eigenvalue weighted by molar-refractivity contribution is 7.99. The number of imidazole rings is 1. The molecule has 6 heteroatoms. The molecule has 134 valence electrons. The lowest BCUT2D eigenvalue weighted by molar-refractivity contribution is -0.115. The molecule has 5 nitrogen and oxygen atoms in total. The molecule has 0 atom stereocenters. The van der Waals surface area contributed by atoms with E-state index in [-0.39, 0.29) is 18.3 Å². The topological polar surface area (TPSA) is 58.4 Å². The fourth-order valence-electron chi connectivity index (χ4n) is 2.55. The number of benzene rings is 2. The number of amides is 1. The molecule has 1 amide bonds. The number of para-hydroxylation sites is 1. The Morgan fingerprint density at radius 1 is 1.12 bits per heavy atom. The minimum absolute atomic E-state index is 0.000935. The first kappa shape index (κ1) is 18.2. The Bertz CT molecular complexity index is 850. The first-order valence-corrected chi connectivity index (χ1v) is 9.31. The van der Waals surface area contributed by atoms with Crippen molar-refractivity contribution in [2.45, 2.75) is 18.3 Å². The molecule has 1 N–H and O–H groups in total. The number of thioether (sulfide) groups is 1. The summed E-state index contributed by atoms with van der Waals surface area (Å²) in [6.45, 7) is 0.534. The molecule has 3 aromatic rings. The summed E-state index contributed by atoms with van der Waals surface area (Å²) in [4.78, 5) is 18.6. The molecule has 0 bridgehead atoms. The van der Waals surface area contributed by atoms with Gasteiger partial charge in [0.2, 0.25) is 5.91 Å². The monoisotopic (exact) mass is 367 g/mol. The fourth-order valence-corrected chi connectivity index (χ4v) is 3.47. The highest BCUT2D eigenvalue weighted by Gasteiger charge is 2.14. The Labute approximate surface area is 157 Å². The lowest BCUT2D eigenvalue weighted by atomic mass is 10.2. The third-order valence-electron chi connectivity index (χ3n) is 3.99. The van der Waals surface area contributed by atoms with Crippen LogP contribution in [0.3, 0.4) is 0 Å². The maximum absolute atomic E-state index is 12.5. The van der Waals surface area contributed by atoms with E-state index in [9.17, 15) is 9.90 Å². The summed E-state index contributed by atoms with van der Waals surface area (Å²) in [5.41, 5.74) is 2.61. The molecule has 3 rings (SSSR count). The van der Waals surface area contributed by atoms with E-state index in [2.05, 4.69) is 4.98 Å². The summed E-state index contributed by atoms with van der Waals surface area (Å²) in [6, 6.07) is 19.6. The third-order valence-corrected chi connectivity index (χ3v) is 4.97. The smallest absolute Gasteiger partial charge is 0.237 e. The Morgan fingerprint density at radius 3 is 2.42 bits per heavy atom. The molecule has 2 aromatic carbocycles. The predicted molar refractivity (Wildman–Crippen MR) is 104 cm³/mol. The van der Waals surface area contributed by atoms with Gasteiger partial charge in [-0.1, -0.05) is 60.3 Å². The molecule has 0 fully saturated rings. The van der Waals surface area contributed by atoms with Crippen molar-refractivity contribution in [3.8, 4) is 0 Å². The zero-order valence-corrected chi connectivity index (χ0v) is 15.4. The molecule has 0 saturated carbocycles. The lowest BCUT2D eigenvalue weighted by Crippen LogP contribution is -2.27. The molecule has 0 aliphatic heterocycles. The average Bonchev–Trinajstić information content (AvgIpc) is 3.09. The number of aliphatic hydroxyl groups is 1. The van der Waals surface area contributed by atoms with Crippen molar-refractivity contribution in [2.24, 2.45) is 0 Å². The minimum atomic E-state index is -0.118. The summed E-state index contributed by atoms with van der Waals surface area (Å²) < 4.78 is 1.97. The molecule has 0 spiro atoms. The highest BCUT2D eigenvalue weighted by atomic mass is 32.2. The second-order valence-corrected chi connectivity index (χ2v) is 6.81. The van der Waals surface area contributed by atoms with Crippen LogP contribution >= 0.6 is 11.8 Å². The summed E-state index contributed by atoms with van der Waals surface area (Å²) in [6.07, 6.45) is 1.83. The van der Waals surface area contributed by atoms with Gasteiger partial charge < -0.3 is 14.6 Å². The van der Waals surface area contributed by atoms with Gasteiger partial charge in [-0.3, -0.25) is 4.79 Å². The number of hydrogen-bond donors (Lipinski definition) is 1.